The number of hydrogen-bond acceptors (Lipinski definition) is 2. The van der Waals surface area contributed by atoms with Gasteiger partial charge in [0.05, 0.1) is 11.6 Å². The second-order valence-corrected chi connectivity index (χ2v) is 5.13. The second kappa shape index (κ2) is 5.97. The Morgan fingerprint density at radius 2 is 2.17 bits per heavy atom. The van der Waals surface area contributed by atoms with Crippen LogP contribution in [0.4, 0.5) is 4.39 Å². The van der Waals surface area contributed by atoms with Crippen LogP contribution in [0.2, 0.25) is 0 Å². The van der Waals surface area contributed by atoms with Crippen molar-refractivity contribution in [2.24, 2.45) is 5.92 Å². The fourth-order valence-corrected chi connectivity index (χ4v) is 2.66. The Labute approximate surface area is 108 Å². The van der Waals surface area contributed by atoms with Gasteiger partial charge in [0.1, 0.15) is 5.82 Å². The second-order valence-electron chi connectivity index (χ2n) is 5.13. The number of nitrogens with one attached hydrogen (secondary N) is 1. The van der Waals surface area contributed by atoms with E-state index in [4.69, 9.17) is 5.26 Å². The molecule has 0 aromatic heterocycles. The fraction of sp³-hybridized carbons (Fsp3) is 0.533. The SMILES string of the molecule is C[C@H](NCc1ccc(C#N)cc1F)C1CCCC1. The zero-order valence-electron chi connectivity index (χ0n) is 10.7. The minimum atomic E-state index is -0.292. The molecule has 1 N–H and O–H groups in total. The Bertz CT molecular complexity index is 444. The Kier molecular flexibility index (Phi) is 4.33. The molecule has 0 bridgehead atoms. The maximum atomic E-state index is 13.7. The monoisotopic (exact) mass is 246 g/mol. The van der Waals surface area contributed by atoms with E-state index in [2.05, 4.69) is 12.2 Å². The van der Waals surface area contributed by atoms with Gasteiger partial charge in [-0.1, -0.05) is 18.9 Å². The Hall–Kier alpha value is -1.40. The van der Waals surface area contributed by atoms with Crippen molar-refractivity contribution in [3.8, 4) is 6.07 Å². The van der Waals surface area contributed by atoms with E-state index >= 15 is 0 Å². The van der Waals surface area contributed by atoms with Crippen LogP contribution in [-0.4, -0.2) is 6.04 Å². The molecule has 3 heteroatoms. The van der Waals surface area contributed by atoms with Crippen LogP contribution in [0, 0.1) is 23.1 Å². The van der Waals surface area contributed by atoms with Crippen LogP contribution in [0.5, 0.6) is 0 Å². The van der Waals surface area contributed by atoms with Gasteiger partial charge in [0.2, 0.25) is 0 Å². The van der Waals surface area contributed by atoms with Gasteiger partial charge >= 0.3 is 0 Å². The van der Waals surface area contributed by atoms with Crippen molar-refractivity contribution >= 4 is 0 Å². The molecule has 1 aromatic rings. The van der Waals surface area contributed by atoms with Crippen molar-refractivity contribution in [1.82, 2.24) is 5.32 Å². The van der Waals surface area contributed by atoms with E-state index in [1.807, 2.05) is 6.07 Å². The van der Waals surface area contributed by atoms with Crippen molar-refractivity contribution in [3.05, 3.63) is 35.1 Å². The molecule has 1 saturated carbocycles. The number of benzene rings is 1. The highest BCUT2D eigenvalue weighted by molar-refractivity contribution is 5.32. The summed E-state index contributed by atoms with van der Waals surface area (Å²) in [5, 5.41) is 12.1. The molecule has 1 aromatic carbocycles. The topological polar surface area (TPSA) is 35.8 Å². The lowest BCUT2D eigenvalue weighted by Gasteiger charge is -2.20. The fourth-order valence-electron chi connectivity index (χ4n) is 2.66. The van der Waals surface area contributed by atoms with Crippen molar-refractivity contribution in [3.63, 3.8) is 0 Å². The van der Waals surface area contributed by atoms with Crippen molar-refractivity contribution in [2.75, 3.05) is 0 Å². The molecule has 0 unspecified atom stereocenters. The zero-order valence-corrected chi connectivity index (χ0v) is 10.7. The normalized spacial score (nSPS) is 17.6. The average Bonchev–Trinajstić information content (AvgIpc) is 2.90. The summed E-state index contributed by atoms with van der Waals surface area (Å²) in [4.78, 5) is 0. The first-order valence-electron chi connectivity index (χ1n) is 6.62. The van der Waals surface area contributed by atoms with Crippen LogP contribution in [0.1, 0.15) is 43.7 Å². The van der Waals surface area contributed by atoms with Crippen LogP contribution in [0.15, 0.2) is 18.2 Å². The summed E-state index contributed by atoms with van der Waals surface area (Å²) in [5.41, 5.74) is 1.01. The minimum Gasteiger partial charge on any atom is -0.310 e. The molecule has 1 aliphatic carbocycles. The average molecular weight is 246 g/mol. The van der Waals surface area contributed by atoms with E-state index in [-0.39, 0.29) is 5.82 Å². The van der Waals surface area contributed by atoms with Crippen molar-refractivity contribution < 1.29 is 4.39 Å². The summed E-state index contributed by atoms with van der Waals surface area (Å²) < 4.78 is 13.7. The molecule has 18 heavy (non-hydrogen) atoms. The third-order valence-electron chi connectivity index (χ3n) is 3.90. The van der Waals surface area contributed by atoms with Gasteiger partial charge in [-0.05, 0) is 37.8 Å². The molecule has 1 aliphatic rings. The molecule has 0 radical (unpaired) electrons. The van der Waals surface area contributed by atoms with Crippen LogP contribution in [0.25, 0.3) is 0 Å². The maximum Gasteiger partial charge on any atom is 0.129 e. The molecule has 1 fully saturated rings. The quantitative estimate of drug-likeness (QED) is 0.884. The van der Waals surface area contributed by atoms with Crippen molar-refractivity contribution in [1.29, 1.82) is 5.26 Å². The van der Waals surface area contributed by atoms with E-state index in [1.54, 1.807) is 12.1 Å². The predicted molar refractivity (Wildman–Crippen MR) is 69.4 cm³/mol. The zero-order chi connectivity index (χ0) is 13.0. The van der Waals surface area contributed by atoms with Gasteiger partial charge in [0, 0.05) is 18.2 Å². The number of hydrogen-bond donors (Lipinski definition) is 1. The largest absolute Gasteiger partial charge is 0.310 e. The smallest absolute Gasteiger partial charge is 0.129 e. The van der Waals surface area contributed by atoms with Gasteiger partial charge in [-0.3, -0.25) is 0 Å². The summed E-state index contributed by atoms with van der Waals surface area (Å²) in [7, 11) is 0. The molecule has 96 valence electrons. The van der Waals surface area contributed by atoms with Crippen LogP contribution >= 0.6 is 0 Å². The number of nitriles is 1. The first-order valence-corrected chi connectivity index (χ1v) is 6.62. The molecule has 1 atom stereocenters. The molecule has 0 heterocycles. The first kappa shape index (κ1) is 13.0. The highest BCUT2D eigenvalue weighted by Gasteiger charge is 2.21. The highest BCUT2D eigenvalue weighted by atomic mass is 19.1. The third-order valence-corrected chi connectivity index (χ3v) is 3.90. The van der Waals surface area contributed by atoms with Gasteiger partial charge < -0.3 is 5.32 Å². The minimum absolute atomic E-state index is 0.292. The molecule has 0 aliphatic heterocycles. The third kappa shape index (κ3) is 3.08. The van der Waals surface area contributed by atoms with Gasteiger partial charge in [-0.2, -0.15) is 5.26 Å². The summed E-state index contributed by atoms with van der Waals surface area (Å²) >= 11 is 0. The standard InChI is InChI=1S/C15H19FN2/c1-11(13-4-2-3-5-13)18-10-14-7-6-12(9-17)8-15(14)16/h6-8,11,13,18H,2-5,10H2,1H3/t11-/m0/s1. The Morgan fingerprint density at radius 1 is 1.44 bits per heavy atom. The summed E-state index contributed by atoms with van der Waals surface area (Å²) in [5.74, 6) is 0.437. The van der Waals surface area contributed by atoms with Crippen LogP contribution in [0.3, 0.4) is 0 Å². The van der Waals surface area contributed by atoms with E-state index in [0.717, 1.165) is 5.92 Å². The van der Waals surface area contributed by atoms with Gasteiger partial charge in [-0.15, -0.1) is 0 Å². The predicted octanol–water partition coefficient (Wildman–Crippen LogP) is 3.37. The van der Waals surface area contributed by atoms with Gasteiger partial charge in [0.15, 0.2) is 0 Å². The molecule has 2 nitrogen and oxygen atoms in total. The first-order chi connectivity index (χ1) is 8.70. The Morgan fingerprint density at radius 3 is 2.78 bits per heavy atom. The number of nitrogens with zero attached hydrogens (tertiary/aromatic N) is 1. The van der Waals surface area contributed by atoms with E-state index in [9.17, 15) is 4.39 Å². The van der Waals surface area contributed by atoms with Crippen LogP contribution < -0.4 is 5.32 Å². The van der Waals surface area contributed by atoms with E-state index < -0.39 is 0 Å². The molecule has 0 saturated heterocycles. The van der Waals surface area contributed by atoms with Gasteiger partial charge in [0.25, 0.3) is 0 Å². The van der Waals surface area contributed by atoms with Crippen LogP contribution in [-0.2, 0) is 6.54 Å². The number of halogens is 1. The van der Waals surface area contributed by atoms with Crippen molar-refractivity contribution in [2.45, 2.75) is 45.2 Å². The molecular weight excluding hydrogens is 227 g/mol. The molecule has 0 spiro atoms. The molecular formula is C15H19FN2. The maximum absolute atomic E-state index is 13.7. The summed E-state index contributed by atoms with van der Waals surface area (Å²) in [6, 6.07) is 7.04. The number of rotatable bonds is 4. The highest BCUT2D eigenvalue weighted by Crippen LogP contribution is 2.27. The van der Waals surface area contributed by atoms with Gasteiger partial charge in [-0.25, -0.2) is 4.39 Å². The molecule has 2 rings (SSSR count). The summed E-state index contributed by atoms with van der Waals surface area (Å²) in [6.45, 7) is 2.72. The molecule has 0 amide bonds. The lowest BCUT2D eigenvalue weighted by molar-refractivity contribution is 0.378. The lowest BCUT2D eigenvalue weighted by atomic mass is 9.99. The summed E-state index contributed by atoms with van der Waals surface area (Å²) in [6.07, 6.45) is 5.21. The Balaban J connectivity index is 1.91. The van der Waals surface area contributed by atoms with E-state index in [1.165, 1.54) is 31.7 Å². The lowest BCUT2D eigenvalue weighted by Crippen LogP contribution is -2.32. The van der Waals surface area contributed by atoms with E-state index in [0.29, 0.717) is 23.7 Å².